The number of aromatic nitrogens is 4. The molecule has 0 aliphatic heterocycles. The van der Waals surface area contributed by atoms with Gasteiger partial charge in [-0.25, -0.2) is 4.68 Å². The van der Waals surface area contributed by atoms with Gasteiger partial charge in [0.1, 0.15) is 0 Å². The Labute approximate surface area is 97.7 Å². The minimum atomic E-state index is -0.231. The molecule has 1 aliphatic carbocycles. The lowest BCUT2D eigenvalue weighted by Crippen LogP contribution is -2.13. The maximum Gasteiger partial charge on any atom is 0.316 e. The third-order valence-electron chi connectivity index (χ3n) is 2.04. The first-order valence-electron chi connectivity index (χ1n) is 5.27. The Hall–Kier alpha value is -1.11. The molecule has 0 spiro atoms. The maximum atomic E-state index is 11.3. The Morgan fingerprint density at radius 1 is 1.62 bits per heavy atom. The third-order valence-corrected chi connectivity index (χ3v) is 2.95. The zero-order chi connectivity index (χ0) is 11.5. The van der Waals surface area contributed by atoms with Crippen molar-refractivity contribution in [1.82, 2.24) is 20.2 Å². The highest BCUT2D eigenvalue weighted by Crippen LogP contribution is 2.36. The van der Waals surface area contributed by atoms with Gasteiger partial charge in [0.05, 0.1) is 17.9 Å². The van der Waals surface area contributed by atoms with Crippen molar-refractivity contribution < 1.29 is 9.53 Å². The summed E-state index contributed by atoms with van der Waals surface area (Å²) in [5.74, 6) is 0.0241. The Bertz CT molecular complexity index is 375. The number of carbonyl (C=O) groups is 1. The summed E-state index contributed by atoms with van der Waals surface area (Å²) >= 11 is 1.32. The quantitative estimate of drug-likeness (QED) is 0.568. The molecule has 2 rings (SSSR count). The van der Waals surface area contributed by atoms with Crippen molar-refractivity contribution in [2.45, 2.75) is 44.0 Å². The number of ether oxygens (including phenoxy) is 1. The number of hydrogen-bond acceptors (Lipinski definition) is 6. The highest BCUT2D eigenvalue weighted by atomic mass is 32.2. The summed E-state index contributed by atoms with van der Waals surface area (Å²) in [6, 6.07) is 0.429. The Kier molecular flexibility index (Phi) is 3.42. The molecule has 1 saturated carbocycles. The minimum Gasteiger partial charge on any atom is -0.462 e. The average molecular weight is 242 g/mol. The smallest absolute Gasteiger partial charge is 0.316 e. The predicted molar refractivity (Wildman–Crippen MR) is 58.0 cm³/mol. The lowest BCUT2D eigenvalue weighted by atomic mass is 10.5. The first kappa shape index (κ1) is 11.4. The summed E-state index contributed by atoms with van der Waals surface area (Å²) in [7, 11) is 0. The van der Waals surface area contributed by atoms with Gasteiger partial charge in [0.15, 0.2) is 0 Å². The summed E-state index contributed by atoms with van der Waals surface area (Å²) in [5.41, 5.74) is 0. The number of esters is 1. The molecule has 1 fully saturated rings. The Balaban J connectivity index is 1.84. The Morgan fingerprint density at radius 3 is 3.00 bits per heavy atom. The van der Waals surface area contributed by atoms with Crippen molar-refractivity contribution in [3.05, 3.63) is 0 Å². The van der Waals surface area contributed by atoms with E-state index in [-0.39, 0.29) is 17.8 Å². The van der Waals surface area contributed by atoms with E-state index in [0.717, 1.165) is 12.8 Å². The molecule has 1 aliphatic rings. The van der Waals surface area contributed by atoms with E-state index in [9.17, 15) is 4.79 Å². The summed E-state index contributed by atoms with van der Waals surface area (Å²) in [6.45, 7) is 3.66. The van der Waals surface area contributed by atoms with Crippen molar-refractivity contribution in [3.63, 3.8) is 0 Å². The van der Waals surface area contributed by atoms with E-state index in [1.165, 1.54) is 11.8 Å². The first-order chi connectivity index (χ1) is 7.66. The van der Waals surface area contributed by atoms with Crippen LogP contribution in [0, 0.1) is 0 Å². The molecular weight excluding hydrogens is 228 g/mol. The van der Waals surface area contributed by atoms with Gasteiger partial charge in [-0.2, -0.15) is 0 Å². The molecule has 1 heterocycles. The van der Waals surface area contributed by atoms with Gasteiger partial charge in [0.2, 0.25) is 5.16 Å². The van der Waals surface area contributed by atoms with Crippen LogP contribution in [0.25, 0.3) is 0 Å². The molecular formula is C9H14N4O2S. The molecule has 0 unspecified atom stereocenters. The number of thioether (sulfide) groups is 1. The lowest BCUT2D eigenvalue weighted by molar-refractivity contribution is -0.144. The molecule has 1 aromatic rings. The van der Waals surface area contributed by atoms with Crippen LogP contribution in [0.15, 0.2) is 5.16 Å². The zero-order valence-electron chi connectivity index (χ0n) is 9.29. The number of carbonyl (C=O) groups excluding carboxylic acids is 1. The SMILES string of the molecule is CC(C)OC(=O)CSc1nnnn1C1CC1. The molecule has 0 bridgehead atoms. The second-order valence-corrected chi connectivity index (χ2v) is 4.91. The Morgan fingerprint density at radius 2 is 2.38 bits per heavy atom. The lowest BCUT2D eigenvalue weighted by Gasteiger charge is -2.07. The fourth-order valence-corrected chi connectivity index (χ4v) is 1.98. The van der Waals surface area contributed by atoms with Gasteiger partial charge >= 0.3 is 5.97 Å². The van der Waals surface area contributed by atoms with Crippen LogP contribution in [0.1, 0.15) is 32.7 Å². The van der Waals surface area contributed by atoms with E-state index in [4.69, 9.17) is 4.74 Å². The van der Waals surface area contributed by atoms with Gasteiger partial charge in [0.25, 0.3) is 0 Å². The number of rotatable bonds is 5. The number of nitrogens with zero attached hydrogens (tertiary/aromatic N) is 4. The highest BCUT2D eigenvalue weighted by Gasteiger charge is 2.28. The van der Waals surface area contributed by atoms with Gasteiger partial charge in [-0.3, -0.25) is 4.79 Å². The standard InChI is InChI=1S/C9H14N4O2S/c1-6(2)15-8(14)5-16-9-10-11-12-13(9)7-3-4-7/h6-7H,3-5H2,1-2H3. The summed E-state index contributed by atoms with van der Waals surface area (Å²) in [4.78, 5) is 11.3. The molecule has 0 atom stereocenters. The van der Waals surface area contributed by atoms with E-state index < -0.39 is 0 Å². The monoisotopic (exact) mass is 242 g/mol. The van der Waals surface area contributed by atoms with Gasteiger partial charge in [-0.15, -0.1) is 5.10 Å². The largest absolute Gasteiger partial charge is 0.462 e. The number of hydrogen-bond donors (Lipinski definition) is 0. The average Bonchev–Trinajstić information content (AvgIpc) is 2.94. The van der Waals surface area contributed by atoms with E-state index in [0.29, 0.717) is 11.2 Å². The van der Waals surface area contributed by atoms with Crippen molar-refractivity contribution >= 4 is 17.7 Å². The normalized spacial score (nSPS) is 15.4. The van der Waals surface area contributed by atoms with Crippen molar-refractivity contribution in [3.8, 4) is 0 Å². The molecule has 0 saturated heterocycles. The van der Waals surface area contributed by atoms with Crippen LogP contribution in [0.4, 0.5) is 0 Å². The van der Waals surface area contributed by atoms with Crippen molar-refractivity contribution in [2.24, 2.45) is 0 Å². The fourth-order valence-electron chi connectivity index (χ4n) is 1.25. The van der Waals surface area contributed by atoms with Crippen LogP contribution in [-0.4, -0.2) is 38.0 Å². The number of tetrazole rings is 1. The van der Waals surface area contributed by atoms with Gasteiger partial charge < -0.3 is 4.74 Å². The van der Waals surface area contributed by atoms with Crippen LogP contribution in [0.3, 0.4) is 0 Å². The summed E-state index contributed by atoms with van der Waals surface area (Å²) in [5, 5.41) is 12.1. The first-order valence-corrected chi connectivity index (χ1v) is 6.25. The van der Waals surface area contributed by atoms with Crippen molar-refractivity contribution in [1.29, 1.82) is 0 Å². The van der Waals surface area contributed by atoms with Crippen LogP contribution in [0.5, 0.6) is 0 Å². The molecule has 6 nitrogen and oxygen atoms in total. The van der Waals surface area contributed by atoms with Crippen LogP contribution >= 0.6 is 11.8 Å². The molecule has 88 valence electrons. The molecule has 0 radical (unpaired) electrons. The van der Waals surface area contributed by atoms with Gasteiger partial charge in [0, 0.05) is 0 Å². The summed E-state index contributed by atoms with van der Waals surface area (Å²) < 4.78 is 6.81. The van der Waals surface area contributed by atoms with Crippen molar-refractivity contribution in [2.75, 3.05) is 5.75 Å². The van der Waals surface area contributed by atoms with Crippen LogP contribution in [-0.2, 0) is 9.53 Å². The molecule has 1 aromatic heterocycles. The van der Waals surface area contributed by atoms with Crippen LogP contribution in [0.2, 0.25) is 0 Å². The molecule has 16 heavy (non-hydrogen) atoms. The second-order valence-electron chi connectivity index (χ2n) is 3.96. The maximum absolute atomic E-state index is 11.3. The highest BCUT2D eigenvalue weighted by molar-refractivity contribution is 7.99. The van der Waals surface area contributed by atoms with E-state index >= 15 is 0 Å². The molecule has 0 N–H and O–H groups in total. The molecule has 0 amide bonds. The van der Waals surface area contributed by atoms with E-state index in [1.807, 2.05) is 13.8 Å². The van der Waals surface area contributed by atoms with E-state index in [2.05, 4.69) is 15.5 Å². The minimum absolute atomic E-state index is 0.0764. The van der Waals surface area contributed by atoms with Crippen LogP contribution < -0.4 is 0 Å². The van der Waals surface area contributed by atoms with Gasteiger partial charge in [-0.05, 0) is 37.1 Å². The zero-order valence-corrected chi connectivity index (χ0v) is 10.1. The fraction of sp³-hybridized carbons (Fsp3) is 0.778. The molecule has 7 heteroatoms. The topological polar surface area (TPSA) is 69.9 Å². The second kappa shape index (κ2) is 4.82. The molecule has 0 aromatic carbocycles. The van der Waals surface area contributed by atoms with Gasteiger partial charge in [-0.1, -0.05) is 11.8 Å². The third kappa shape index (κ3) is 2.94. The predicted octanol–water partition coefficient (Wildman–Crippen LogP) is 1.05. The van der Waals surface area contributed by atoms with E-state index in [1.54, 1.807) is 4.68 Å². The summed E-state index contributed by atoms with van der Waals surface area (Å²) in [6.07, 6.45) is 2.16.